The first-order valence-electron chi connectivity index (χ1n) is 5.73. The fourth-order valence-corrected chi connectivity index (χ4v) is 1.90. The lowest BCUT2D eigenvalue weighted by Crippen LogP contribution is -2.25. The molecular weight excluding hydrogens is 218 g/mol. The standard InChI is InChI=1S/C13H19NO3/c1-9(7-11(8-14)13(16)17)6-10-2-4-12(15)5-3-10/h2-5,9,11,15H,6-8,14H2,1H3,(H,16,17). The Morgan fingerprint density at radius 3 is 2.41 bits per heavy atom. The summed E-state index contributed by atoms with van der Waals surface area (Å²) >= 11 is 0. The predicted molar refractivity (Wildman–Crippen MR) is 65.8 cm³/mol. The maximum absolute atomic E-state index is 10.9. The molecule has 0 fully saturated rings. The predicted octanol–water partition coefficient (Wildman–Crippen LogP) is 1.62. The SMILES string of the molecule is CC(Cc1ccc(O)cc1)CC(CN)C(=O)O. The zero-order valence-electron chi connectivity index (χ0n) is 9.97. The Balaban J connectivity index is 2.51. The van der Waals surface area contributed by atoms with E-state index in [1.54, 1.807) is 12.1 Å². The molecule has 0 aliphatic rings. The van der Waals surface area contributed by atoms with Crippen LogP contribution in [0, 0.1) is 11.8 Å². The minimum absolute atomic E-state index is 0.176. The van der Waals surface area contributed by atoms with Gasteiger partial charge in [0.2, 0.25) is 0 Å². The number of rotatable bonds is 6. The molecule has 1 rings (SSSR count). The van der Waals surface area contributed by atoms with E-state index in [0.29, 0.717) is 6.42 Å². The molecule has 17 heavy (non-hydrogen) atoms. The van der Waals surface area contributed by atoms with Crippen molar-refractivity contribution in [3.8, 4) is 5.75 Å². The second-order valence-corrected chi connectivity index (χ2v) is 4.48. The number of phenols is 1. The van der Waals surface area contributed by atoms with Gasteiger partial charge in [-0.3, -0.25) is 4.79 Å². The number of carboxylic acids is 1. The zero-order valence-corrected chi connectivity index (χ0v) is 9.97. The summed E-state index contributed by atoms with van der Waals surface area (Å²) < 4.78 is 0. The lowest BCUT2D eigenvalue weighted by Gasteiger charge is -2.16. The summed E-state index contributed by atoms with van der Waals surface area (Å²) in [7, 11) is 0. The minimum atomic E-state index is -0.829. The summed E-state index contributed by atoms with van der Waals surface area (Å²) in [4.78, 5) is 10.9. The highest BCUT2D eigenvalue weighted by atomic mass is 16.4. The van der Waals surface area contributed by atoms with Crippen molar-refractivity contribution < 1.29 is 15.0 Å². The maximum atomic E-state index is 10.9. The molecule has 0 aromatic heterocycles. The molecule has 1 aromatic rings. The third kappa shape index (κ3) is 4.44. The Kier molecular flexibility index (Phi) is 4.97. The van der Waals surface area contributed by atoms with Crippen molar-refractivity contribution in [2.45, 2.75) is 19.8 Å². The first-order chi connectivity index (χ1) is 8.02. The van der Waals surface area contributed by atoms with Crippen molar-refractivity contribution in [2.24, 2.45) is 17.6 Å². The van der Waals surface area contributed by atoms with Crippen LogP contribution in [-0.2, 0) is 11.2 Å². The molecule has 4 nitrogen and oxygen atoms in total. The van der Waals surface area contributed by atoms with Crippen molar-refractivity contribution >= 4 is 5.97 Å². The monoisotopic (exact) mass is 237 g/mol. The highest BCUT2D eigenvalue weighted by molar-refractivity contribution is 5.70. The van der Waals surface area contributed by atoms with Gasteiger partial charge in [0, 0.05) is 6.54 Å². The summed E-state index contributed by atoms with van der Waals surface area (Å²) in [5, 5.41) is 18.1. The minimum Gasteiger partial charge on any atom is -0.508 e. The van der Waals surface area contributed by atoms with E-state index < -0.39 is 11.9 Å². The van der Waals surface area contributed by atoms with Crippen molar-refractivity contribution in [2.75, 3.05) is 6.54 Å². The molecule has 0 aliphatic carbocycles. The van der Waals surface area contributed by atoms with Gasteiger partial charge < -0.3 is 15.9 Å². The number of hydrogen-bond acceptors (Lipinski definition) is 3. The van der Waals surface area contributed by atoms with Crippen LogP contribution < -0.4 is 5.73 Å². The Bertz CT molecular complexity index is 361. The molecule has 0 radical (unpaired) electrons. The molecule has 0 amide bonds. The highest BCUT2D eigenvalue weighted by Gasteiger charge is 2.18. The molecule has 0 saturated carbocycles. The molecule has 2 unspecified atom stereocenters. The third-order valence-corrected chi connectivity index (χ3v) is 2.84. The lowest BCUT2D eigenvalue weighted by atomic mass is 9.91. The van der Waals surface area contributed by atoms with Crippen LogP contribution in [0.2, 0.25) is 0 Å². The van der Waals surface area contributed by atoms with E-state index >= 15 is 0 Å². The average molecular weight is 237 g/mol. The number of nitrogens with two attached hydrogens (primary N) is 1. The topological polar surface area (TPSA) is 83.5 Å². The quantitative estimate of drug-likeness (QED) is 0.702. The molecule has 1 aromatic carbocycles. The fourth-order valence-electron chi connectivity index (χ4n) is 1.90. The summed E-state index contributed by atoms with van der Waals surface area (Å²) in [5.41, 5.74) is 6.52. The normalized spacial score (nSPS) is 14.2. The number of aliphatic carboxylic acids is 1. The molecule has 94 valence electrons. The van der Waals surface area contributed by atoms with Crippen molar-refractivity contribution in [3.05, 3.63) is 29.8 Å². The molecule has 2 atom stereocenters. The van der Waals surface area contributed by atoms with Gasteiger partial charge in [-0.25, -0.2) is 0 Å². The number of carboxylic acid groups (broad SMARTS) is 1. The number of phenolic OH excluding ortho intramolecular Hbond substituents is 1. The molecule has 4 heteroatoms. The molecule has 0 heterocycles. The maximum Gasteiger partial charge on any atom is 0.307 e. The first kappa shape index (κ1) is 13.5. The largest absolute Gasteiger partial charge is 0.508 e. The number of aromatic hydroxyl groups is 1. The molecule has 0 bridgehead atoms. The van der Waals surface area contributed by atoms with Crippen LogP contribution in [-0.4, -0.2) is 22.7 Å². The lowest BCUT2D eigenvalue weighted by molar-refractivity contribution is -0.141. The van der Waals surface area contributed by atoms with Crippen LogP contribution in [0.15, 0.2) is 24.3 Å². The Labute approximate surface area is 101 Å². The Morgan fingerprint density at radius 2 is 1.94 bits per heavy atom. The molecule has 4 N–H and O–H groups in total. The van der Waals surface area contributed by atoms with Gasteiger partial charge in [-0.2, -0.15) is 0 Å². The second kappa shape index (κ2) is 6.25. The van der Waals surface area contributed by atoms with Gasteiger partial charge in [0.05, 0.1) is 5.92 Å². The van der Waals surface area contributed by atoms with E-state index in [9.17, 15) is 4.79 Å². The van der Waals surface area contributed by atoms with Gasteiger partial charge >= 0.3 is 5.97 Å². The molecular formula is C13H19NO3. The van der Waals surface area contributed by atoms with Crippen LogP contribution in [0.1, 0.15) is 18.9 Å². The average Bonchev–Trinajstić information content (AvgIpc) is 2.28. The van der Waals surface area contributed by atoms with Gasteiger partial charge in [-0.15, -0.1) is 0 Å². The van der Waals surface area contributed by atoms with E-state index in [1.807, 2.05) is 19.1 Å². The Morgan fingerprint density at radius 1 is 1.35 bits per heavy atom. The second-order valence-electron chi connectivity index (χ2n) is 4.48. The molecule has 0 spiro atoms. The van der Waals surface area contributed by atoms with E-state index in [2.05, 4.69) is 0 Å². The fraction of sp³-hybridized carbons (Fsp3) is 0.462. The smallest absolute Gasteiger partial charge is 0.307 e. The molecule has 0 saturated heterocycles. The highest BCUT2D eigenvalue weighted by Crippen LogP contribution is 2.18. The van der Waals surface area contributed by atoms with Crippen molar-refractivity contribution in [3.63, 3.8) is 0 Å². The first-order valence-corrected chi connectivity index (χ1v) is 5.73. The molecule has 0 aliphatic heterocycles. The number of hydrogen-bond donors (Lipinski definition) is 3. The van der Waals surface area contributed by atoms with Crippen molar-refractivity contribution in [1.82, 2.24) is 0 Å². The van der Waals surface area contributed by atoms with Gasteiger partial charge in [0.15, 0.2) is 0 Å². The van der Waals surface area contributed by atoms with E-state index in [4.69, 9.17) is 15.9 Å². The summed E-state index contributed by atoms with van der Waals surface area (Å²) in [6.45, 7) is 2.19. The van der Waals surface area contributed by atoms with Gasteiger partial charge in [0.1, 0.15) is 5.75 Å². The van der Waals surface area contributed by atoms with Crippen LogP contribution in [0.25, 0.3) is 0 Å². The van der Waals surface area contributed by atoms with Gasteiger partial charge in [-0.1, -0.05) is 19.1 Å². The van der Waals surface area contributed by atoms with Crippen LogP contribution in [0.5, 0.6) is 5.75 Å². The van der Waals surface area contributed by atoms with Crippen LogP contribution in [0.3, 0.4) is 0 Å². The van der Waals surface area contributed by atoms with Gasteiger partial charge in [-0.05, 0) is 36.5 Å². The third-order valence-electron chi connectivity index (χ3n) is 2.84. The number of benzene rings is 1. The van der Waals surface area contributed by atoms with Crippen LogP contribution >= 0.6 is 0 Å². The van der Waals surface area contributed by atoms with Gasteiger partial charge in [0.25, 0.3) is 0 Å². The van der Waals surface area contributed by atoms with Crippen molar-refractivity contribution in [1.29, 1.82) is 0 Å². The van der Waals surface area contributed by atoms with E-state index in [1.165, 1.54) is 0 Å². The summed E-state index contributed by atoms with van der Waals surface area (Å²) in [6.07, 6.45) is 1.37. The number of carbonyl (C=O) groups is 1. The van der Waals surface area contributed by atoms with E-state index in [0.717, 1.165) is 12.0 Å². The van der Waals surface area contributed by atoms with Crippen LogP contribution in [0.4, 0.5) is 0 Å². The summed E-state index contributed by atoms with van der Waals surface area (Å²) in [6, 6.07) is 6.98. The summed E-state index contributed by atoms with van der Waals surface area (Å²) in [5.74, 6) is -0.803. The van der Waals surface area contributed by atoms with E-state index in [-0.39, 0.29) is 18.2 Å². The zero-order chi connectivity index (χ0) is 12.8. The Hall–Kier alpha value is -1.55.